The smallest absolute Gasteiger partial charge is 0.232 e. The maximum absolute atomic E-state index is 13.7. The normalized spacial score (nSPS) is 11.2. The van der Waals surface area contributed by atoms with Crippen LogP contribution in [-0.2, 0) is 14.8 Å². The summed E-state index contributed by atoms with van der Waals surface area (Å²) < 4.78 is 39.4. The monoisotopic (exact) mass is 428 g/mol. The SMILES string of the molecule is CS(=O)(=O)N(CCCC(=O)Nc1ccc(Br)cc1F)c1ccccc1. The topological polar surface area (TPSA) is 66.5 Å². The average Bonchev–Trinajstić information content (AvgIpc) is 2.54. The fraction of sp³-hybridized carbons (Fsp3) is 0.235. The molecule has 5 nitrogen and oxygen atoms in total. The molecule has 134 valence electrons. The molecule has 0 aliphatic heterocycles. The van der Waals surface area contributed by atoms with Crippen molar-refractivity contribution in [2.45, 2.75) is 12.8 Å². The quantitative estimate of drug-likeness (QED) is 0.729. The van der Waals surface area contributed by atoms with Gasteiger partial charge in [0.1, 0.15) is 5.82 Å². The van der Waals surface area contributed by atoms with Crippen LogP contribution in [0.25, 0.3) is 0 Å². The molecular formula is C17H18BrFN2O3S. The van der Waals surface area contributed by atoms with Crippen molar-refractivity contribution in [3.8, 4) is 0 Å². The molecule has 2 aromatic rings. The molecule has 0 aliphatic carbocycles. The van der Waals surface area contributed by atoms with Crippen molar-refractivity contribution in [2.75, 3.05) is 22.4 Å². The molecule has 2 rings (SSSR count). The lowest BCUT2D eigenvalue weighted by Gasteiger charge is -2.22. The Balaban J connectivity index is 1.94. The summed E-state index contributed by atoms with van der Waals surface area (Å²) in [5, 5.41) is 2.49. The van der Waals surface area contributed by atoms with Gasteiger partial charge in [-0.1, -0.05) is 34.1 Å². The number of carbonyl (C=O) groups is 1. The Morgan fingerprint density at radius 1 is 1.20 bits per heavy atom. The number of nitrogens with zero attached hydrogens (tertiary/aromatic N) is 1. The summed E-state index contributed by atoms with van der Waals surface area (Å²) in [6.45, 7) is 0.166. The average molecular weight is 429 g/mol. The molecule has 2 aromatic carbocycles. The molecule has 0 saturated heterocycles. The van der Waals surface area contributed by atoms with Crippen molar-refractivity contribution < 1.29 is 17.6 Å². The van der Waals surface area contributed by atoms with E-state index in [9.17, 15) is 17.6 Å². The van der Waals surface area contributed by atoms with Crippen LogP contribution in [0.5, 0.6) is 0 Å². The molecule has 0 atom stereocenters. The summed E-state index contributed by atoms with van der Waals surface area (Å²) in [6, 6.07) is 13.0. The summed E-state index contributed by atoms with van der Waals surface area (Å²) in [6.07, 6.45) is 1.51. The second-order valence-electron chi connectivity index (χ2n) is 5.45. The van der Waals surface area contributed by atoms with Gasteiger partial charge in [0.2, 0.25) is 15.9 Å². The van der Waals surface area contributed by atoms with Gasteiger partial charge in [0.15, 0.2) is 0 Å². The lowest BCUT2D eigenvalue weighted by molar-refractivity contribution is -0.116. The largest absolute Gasteiger partial charge is 0.324 e. The fourth-order valence-corrected chi connectivity index (χ4v) is 3.57. The van der Waals surface area contributed by atoms with Crippen LogP contribution in [0.2, 0.25) is 0 Å². The maximum atomic E-state index is 13.7. The molecule has 0 saturated carbocycles. The number of hydrogen-bond acceptors (Lipinski definition) is 3. The van der Waals surface area contributed by atoms with Crippen molar-refractivity contribution in [1.29, 1.82) is 0 Å². The third-order valence-electron chi connectivity index (χ3n) is 3.41. The van der Waals surface area contributed by atoms with E-state index in [0.29, 0.717) is 16.6 Å². The number of benzene rings is 2. The summed E-state index contributed by atoms with van der Waals surface area (Å²) in [4.78, 5) is 12.0. The van der Waals surface area contributed by atoms with Gasteiger partial charge in [0.05, 0.1) is 17.6 Å². The van der Waals surface area contributed by atoms with Crippen LogP contribution in [0.15, 0.2) is 53.0 Å². The van der Waals surface area contributed by atoms with E-state index in [-0.39, 0.29) is 24.6 Å². The van der Waals surface area contributed by atoms with E-state index in [0.717, 1.165) is 6.26 Å². The Labute approximate surface area is 155 Å². The Hall–Kier alpha value is -1.93. The molecule has 1 N–H and O–H groups in total. The highest BCUT2D eigenvalue weighted by molar-refractivity contribution is 9.10. The number of nitrogens with one attached hydrogen (secondary N) is 1. The summed E-state index contributed by atoms with van der Waals surface area (Å²) in [5.74, 6) is -0.910. The van der Waals surface area contributed by atoms with Crippen molar-refractivity contribution in [1.82, 2.24) is 0 Å². The Bertz CT molecular complexity index is 844. The number of carbonyl (C=O) groups excluding carboxylic acids is 1. The molecule has 0 fully saturated rings. The standard InChI is InChI=1S/C17H18BrFN2O3S/c1-25(23,24)21(14-6-3-2-4-7-14)11-5-8-17(22)20-16-10-9-13(18)12-15(16)19/h2-4,6-7,9-10,12H,5,8,11H2,1H3,(H,20,22). The van der Waals surface area contributed by atoms with E-state index in [1.54, 1.807) is 36.4 Å². The molecule has 0 aromatic heterocycles. The Morgan fingerprint density at radius 3 is 2.48 bits per heavy atom. The van der Waals surface area contributed by atoms with Crippen molar-refractivity contribution in [2.24, 2.45) is 0 Å². The Kier molecular flexibility index (Phi) is 6.55. The van der Waals surface area contributed by atoms with Crippen LogP contribution < -0.4 is 9.62 Å². The number of sulfonamides is 1. The van der Waals surface area contributed by atoms with Crippen molar-refractivity contribution >= 4 is 43.2 Å². The van der Waals surface area contributed by atoms with Crippen LogP contribution in [0.3, 0.4) is 0 Å². The van der Waals surface area contributed by atoms with Crippen molar-refractivity contribution in [3.63, 3.8) is 0 Å². The van der Waals surface area contributed by atoms with Gasteiger partial charge in [-0.15, -0.1) is 0 Å². The first-order valence-corrected chi connectivity index (χ1v) is 10.2. The number of para-hydroxylation sites is 1. The first-order valence-electron chi connectivity index (χ1n) is 7.55. The van der Waals surface area contributed by atoms with E-state index < -0.39 is 15.8 Å². The summed E-state index contributed by atoms with van der Waals surface area (Å²) in [5.41, 5.74) is 0.639. The number of hydrogen-bond donors (Lipinski definition) is 1. The van der Waals surface area contributed by atoms with Crippen LogP contribution in [0.4, 0.5) is 15.8 Å². The zero-order valence-electron chi connectivity index (χ0n) is 13.6. The second kappa shape index (κ2) is 8.44. The molecule has 0 bridgehead atoms. The van der Waals surface area contributed by atoms with Crippen molar-refractivity contribution in [3.05, 3.63) is 58.8 Å². The van der Waals surface area contributed by atoms with Crippen LogP contribution in [0, 0.1) is 5.82 Å². The lowest BCUT2D eigenvalue weighted by atomic mass is 10.2. The number of halogens is 2. The number of rotatable bonds is 7. The highest BCUT2D eigenvalue weighted by Crippen LogP contribution is 2.20. The minimum atomic E-state index is -3.45. The predicted molar refractivity (Wildman–Crippen MR) is 101 cm³/mol. The Morgan fingerprint density at radius 2 is 1.88 bits per heavy atom. The highest BCUT2D eigenvalue weighted by Gasteiger charge is 2.17. The van der Waals surface area contributed by atoms with Gasteiger partial charge < -0.3 is 5.32 Å². The maximum Gasteiger partial charge on any atom is 0.232 e. The molecule has 8 heteroatoms. The molecule has 0 aliphatic rings. The third-order valence-corrected chi connectivity index (χ3v) is 5.10. The van der Waals surface area contributed by atoms with Gasteiger partial charge in [-0.2, -0.15) is 0 Å². The lowest BCUT2D eigenvalue weighted by Crippen LogP contribution is -2.31. The molecular weight excluding hydrogens is 411 g/mol. The molecule has 0 spiro atoms. The van der Waals surface area contributed by atoms with E-state index in [4.69, 9.17) is 0 Å². The van der Waals surface area contributed by atoms with Gasteiger partial charge in [0.25, 0.3) is 0 Å². The number of anilines is 2. The summed E-state index contributed by atoms with van der Waals surface area (Å²) >= 11 is 3.15. The van der Waals surface area contributed by atoms with Gasteiger partial charge in [-0.25, -0.2) is 12.8 Å². The van der Waals surface area contributed by atoms with Crippen LogP contribution in [0.1, 0.15) is 12.8 Å². The predicted octanol–water partition coefficient (Wildman–Crippen LogP) is 3.77. The molecule has 0 radical (unpaired) electrons. The molecule has 0 heterocycles. The van der Waals surface area contributed by atoms with E-state index in [1.165, 1.54) is 16.4 Å². The second-order valence-corrected chi connectivity index (χ2v) is 8.27. The molecule has 1 amide bonds. The van der Waals surface area contributed by atoms with Gasteiger partial charge in [-0.05, 0) is 36.8 Å². The zero-order chi connectivity index (χ0) is 18.4. The van der Waals surface area contributed by atoms with E-state index in [1.807, 2.05) is 0 Å². The number of amides is 1. The van der Waals surface area contributed by atoms with E-state index >= 15 is 0 Å². The first-order chi connectivity index (χ1) is 11.8. The molecule has 0 unspecified atom stereocenters. The van der Waals surface area contributed by atoms with Gasteiger partial charge >= 0.3 is 0 Å². The third kappa shape index (κ3) is 5.82. The van der Waals surface area contributed by atoms with Crippen LogP contribution in [-0.4, -0.2) is 27.1 Å². The zero-order valence-corrected chi connectivity index (χ0v) is 16.0. The first kappa shape index (κ1) is 19.4. The van der Waals surface area contributed by atoms with Gasteiger partial charge in [0, 0.05) is 17.4 Å². The minimum absolute atomic E-state index is 0.0777. The van der Waals surface area contributed by atoms with Gasteiger partial charge in [-0.3, -0.25) is 9.10 Å². The fourth-order valence-electron chi connectivity index (χ4n) is 2.27. The molecule has 25 heavy (non-hydrogen) atoms. The minimum Gasteiger partial charge on any atom is -0.324 e. The van der Waals surface area contributed by atoms with Crippen LogP contribution >= 0.6 is 15.9 Å². The highest BCUT2D eigenvalue weighted by atomic mass is 79.9. The summed E-state index contributed by atoms with van der Waals surface area (Å²) in [7, 11) is -3.45. The van der Waals surface area contributed by atoms with E-state index in [2.05, 4.69) is 21.2 Å².